The Bertz CT molecular complexity index is 730. The Morgan fingerprint density at radius 1 is 0.692 bits per heavy atom. The van der Waals surface area contributed by atoms with Crippen molar-refractivity contribution >= 4 is 43.3 Å². The maximum atomic E-state index is 11.7. The normalized spacial score (nSPS) is 11.8. The Balaban J connectivity index is 2.29. The Labute approximate surface area is 160 Å². The van der Waals surface area contributed by atoms with Crippen molar-refractivity contribution in [3.63, 3.8) is 0 Å². The highest BCUT2D eigenvalue weighted by molar-refractivity contribution is 8.83. The van der Waals surface area contributed by atoms with Gasteiger partial charge in [0.2, 0.25) is 0 Å². The molecule has 0 radical (unpaired) electrons. The molecule has 0 fully saturated rings. The van der Waals surface area contributed by atoms with Gasteiger partial charge in [-0.2, -0.15) is 0 Å². The minimum Gasteiger partial charge on any atom is -0.466 e. The summed E-state index contributed by atoms with van der Waals surface area (Å²) in [5, 5.41) is 0. The molecule has 0 saturated heterocycles. The summed E-state index contributed by atoms with van der Waals surface area (Å²) in [4.78, 5) is 24.9. The summed E-state index contributed by atoms with van der Waals surface area (Å²) in [6.07, 6.45) is 2.88. The summed E-state index contributed by atoms with van der Waals surface area (Å²) in [6, 6.07) is 19.0. The molecular formula is C20H18O4S2. The smallest absolute Gasteiger partial charge is 0.331 e. The van der Waals surface area contributed by atoms with Crippen molar-refractivity contribution in [3.05, 3.63) is 83.9 Å². The topological polar surface area (TPSA) is 52.6 Å². The Hall–Kier alpha value is -2.44. The van der Waals surface area contributed by atoms with E-state index in [1.165, 1.54) is 48.0 Å². The van der Waals surface area contributed by atoms with Crippen LogP contribution >= 0.6 is 21.6 Å². The third kappa shape index (κ3) is 6.13. The van der Waals surface area contributed by atoms with Gasteiger partial charge in [-0.25, -0.2) is 9.59 Å². The minimum absolute atomic E-state index is 0.435. The van der Waals surface area contributed by atoms with Crippen molar-refractivity contribution in [3.8, 4) is 0 Å². The maximum Gasteiger partial charge on any atom is 0.331 e. The third-order valence-corrected chi connectivity index (χ3v) is 5.72. The van der Waals surface area contributed by atoms with Crippen LogP contribution in [0.3, 0.4) is 0 Å². The standard InChI is InChI=1S/C20H18O4S2/c1-23-19(21)13-17(15-9-5-3-6-10-15)25-26-18(14-20(22)24-2)16-11-7-4-8-12-16/h3-14H,1-2H3/b17-13+,18-14+. The lowest BCUT2D eigenvalue weighted by Gasteiger charge is -2.10. The highest BCUT2D eigenvalue weighted by atomic mass is 33.1. The predicted molar refractivity (Wildman–Crippen MR) is 108 cm³/mol. The van der Waals surface area contributed by atoms with E-state index in [1.807, 2.05) is 60.7 Å². The molecule has 0 aliphatic carbocycles. The molecule has 0 unspecified atom stereocenters. The van der Waals surface area contributed by atoms with Crippen molar-refractivity contribution in [1.82, 2.24) is 0 Å². The molecule has 0 bridgehead atoms. The van der Waals surface area contributed by atoms with Gasteiger partial charge in [0.1, 0.15) is 0 Å². The predicted octanol–water partition coefficient (Wildman–Crippen LogP) is 4.80. The van der Waals surface area contributed by atoms with E-state index < -0.39 is 11.9 Å². The van der Waals surface area contributed by atoms with Gasteiger partial charge in [-0.05, 0) is 11.1 Å². The first-order chi connectivity index (χ1) is 12.6. The average Bonchev–Trinajstić information content (AvgIpc) is 2.70. The van der Waals surface area contributed by atoms with Crippen LogP contribution in [0.5, 0.6) is 0 Å². The molecule has 0 aliphatic rings. The fourth-order valence-electron chi connectivity index (χ4n) is 1.94. The second kappa shape index (κ2) is 10.5. The monoisotopic (exact) mass is 386 g/mol. The van der Waals surface area contributed by atoms with Crippen molar-refractivity contribution in [2.75, 3.05) is 14.2 Å². The van der Waals surface area contributed by atoms with Crippen molar-refractivity contribution < 1.29 is 19.1 Å². The quantitative estimate of drug-likeness (QED) is 0.387. The Morgan fingerprint density at radius 3 is 1.35 bits per heavy atom. The van der Waals surface area contributed by atoms with Gasteiger partial charge in [-0.15, -0.1) is 0 Å². The lowest BCUT2D eigenvalue weighted by atomic mass is 10.2. The summed E-state index contributed by atoms with van der Waals surface area (Å²) in [7, 11) is 5.43. The molecule has 6 heteroatoms. The van der Waals surface area contributed by atoms with Crippen molar-refractivity contribution in [2.45, 2.75) is 0 Å². The molecule has 0 N–H and O–H groups in total. The molecule has 0 spiro atoms. The zero-order valence-electron chi connectivity index (χ0n) is 14.4. The van der Waals surface area contributed by atoms with Crippen LogP contribution in [0.25, 0.3) is 9.81 Å². The molecule has 0 amide bonds. The fraction of sp³-hybridized carbons (Fsp3) is 0.100. The van der Waals surface area contributed by atoms with E-state index >= 15 is 0 Å². The van der Waals surface area contributed by atoms with Crippen LogP contribution < -0.4 is 0 Å². The van der Waals surface area contributed by atoms with Crippen LogP contribution in [0.2, 0.25) is 0 Å². The number of hydrogen-bond acceptors (Lipinski definition) is 6. The summed E-state index contributed by atoms with van der Waals surface area (Å²) >= 11 is 0. The highest BCUT2D eigenvalue weighted by Gasteiger charge is 2.11. The molecule has 2 aromatic carbocycles. The van der Waals surface area contributed by atoms with Crippen LogP contribution in [-0.4, -0.2) is 26.2 Å². The molecular weight excluding hydrogens is 368 g/mol. The average molecular weight is 386 g/mol. The van der Waals surface area contributed by atoms with Gasteiger partial charge in [0.15, 0.2) is 0 Å². The van der Waals surface area contributed by atoms with Gasteiger partial charge in [0, 0.05) is 22.0 Å². The molecule has 0 atom stereocenters. The van der Waals surface area contributed by atoms with E-state index in [1.54, 1.807) is 0 Å². The first-order valence-electron chi connectivity index (χ1n) is 7.68. The maximum absolute atomic E-state index is 11.7. The van der Waals surface area contributed by atoms with Crippen LogP contribution in [0.15, 0.2) is 72.8 Å². The van der Waals surface area contributed by atoms with E-state index in [4.69, 9.17) is 9.47 Å². The minimum atomic E-state index is -0.435. The fourth-order valence-corrected chi connectivity index (χ4v) is 4.28. The van der Waals surface area contributed by atoms with Gasteiger partial charge in [0.05, 0.1) is 14.2 Å². The van der Waals surface area contributed by atoms with E-state index in [9.17, 15) is 9.59 Å². The number of ether oxygens (including phenoxy) is 2. The Morgan fingerprint density at radius 2 is 1.04 bits per heavy atom. The zero-order valence-corrected chi connectivity index (χ0v) is 16.0. The SMILES string of the molecule is COC(=O)/C=C(/SS/C(=C/C(=O)OC)c1ccccc1)c1ccccc1. The van der Waals surface area contributed by atoms with Crippen molar-refractivity contribution in [1.29, 1.82) is 0 Å². The summed E-state index contributed by atoms with van der Waals surface area (Å²) in [6.45, 7) is 0. The number of esters is 2. The number of carbonyl (C=O) groups excluding carboxylic acids is 2. The summed E-state index contributed by atoms with van der Waals surface area (Å²) < 4.78 is 9.50. The molecule has 26 heavy (non-hydrogen) atoms. The molecule has 0 aromatic heterocycles. The van der Waals surface area contributed by atoms with E-state index in [-0.39, 0.29) is 0 Å². The number of methoxy groups -OCH3 is 2. The lowest BCUT2D eigenvalue weighted by molar-refractivity contribution is -0.135. The summed E-state index contributed by atoms with van der Waals surface area (Å²) in [5.41, 5.74) is 1.78. The third-order valence-electron chi connectivity index (χ3n) is 3.24. The van der Waals surface area contributed by atoms with Crippen LogP contribution in [0.4, 0.5) is 0 Å². The van der Waals surface area contributed by atoms with Gasteiger partial charge < -0.3 is 9.47 Å². The number of rotatable bonds is 7. The van der Waals surface area contributed by atoms with Crippen LogP contribution in [0.1, 0.15) is 11.1 Å². The first kappa shape index (κ1) is 19.9. The Kier molecular flexibility index (Phi) is 8.05. The van der Waals surface area contributed by atoms with Gasteiger partial charge in [-0.3, -0.25) is 0 Å². The first-order valence-corrected chi connectivity index (χ1v) is 9.83. The highest BCUT2D eigenvalue weighted by Crippen LogP contribution is 2.45. The van der Waals surface area contributed by atoms with E-state index in [0.717, 1.165) is 20.9 Å². The van der Waals surface area contributed by atoms with Gasteiger partial charge >= 0.3 is 11.9 Å². The zero-order chi connectivity index (χ0) is 18.8. The molecule has 4 nitrogen and oxygen atoms in total. The number of carbonyl (C=O) groups is 2. The largest absolute Gasteiger partial charge is 0.466 e. The lowest BCUT2D eigenvalue weighted by Crippen LogP contribution is -1.96. The second-order valence-corrected chi connectivity index (χ2v) is 7.18. The van der Waals surface area contributed by atoms with Gasteiger partial charge in [0.25, 0.3) is 0 Å². The second-order valence-electron chi connectivity index (χ2n) is 4.96. The molecule has 2 aromatic rings. The molecule has 0 saturated carbocycles. The molecule has 0 aliphatic heterocycles. The van der Waals surface area contributed by atoms with Gasteiger partial charge in [-0.1, -0.05) is 82.3 Å². The van der Waals surface area contributed by atoms with Crippen molar-refractivity contribution in [2.24, 2.45) is 0 Å². The van der Waals surface area contributed by atoms with Crippen LogP contribution in [0, 0.1) is 0 Å². The number of benzene rings is 2. The van der Waals surface area contributed by atoms with E-state index in [0.29, 0.717) is 0 Å². The molecule has 0 heterocycles. The molecule has 2 rings (SSSR count). The number of hydrogen-bond donors (Lipinski definition) is 0. The van der Waals surface area contributed by atoms with Crippen LogP contribution in [-0.2, 0) is 19.1 Å². The summed E-state index contributed by atoms with van der Waals surface area (Å²) in [5.74, 6) is -0.870. The van der Waals surface area contributed by atoms with E-state index in [2.05, 4.69) is 0 Å². The molecule has 134 valence electrons.